The largest absolute Gasteiger partial charge is 0.356 e. The van der Waals surface area contributed by atoms with Gasteiger partial charge in [0.2, 0.25) is 0 Å². The topological polar surface area (TPSA) is 67.1 Å². The molecule has 8 heteroatoms. The molecule has 0 spiro atoms. The summed E-state index contributed by atoms with van der Waals surface area (Å²) in [4.78, 5) is 9.00. The normalized spacial score (nSPS) is 16.9. The predicted molar refractivity (Wildman–Crippen MR) is 126 cm³/mol. The van der Waals surface area contributed by atoms with Crippen LogP contribution in [0.25, 0.3) is 0 Å². The molecule has 1 aromatic heterocycles. The molecule has 0 saturated heterocycles. The minimum Gasteiger partial charge on any atom is -0.356 e. The SMILES string of the molecule is CN=C(NCC(C)(C)c1cccc(F)c1)NC1CCc2nc(C(C)C)nn2C1.I. The highest BCUT2D eigenvalue weighted by molar-refractivity contribution is 14.0. The van der Waals surface area contributed by atoms with Crippen molar-refractivity contribution in [3.8, 4) is 0 Å². The van der Waals surface area contributed by atoms with E-state index in [1.165, 1.54) is 6.07 Å². The van der Waals surface area contributed by atoms with Crippen molar-refractivity contribution in [2.75, 3.05) is 13.6 Å². The molecule has 0 aliphatic carbocycles. The van der Waals surface area contributed by atoms with Gasteiger partial charge in [-0.1, -0.05) is 39.8 Å². The minimum absolute atomic E-state index is 0. The molecule has 0 saturated carbocycles. The second-order valence-electron chi connectivity index (χ2n) is 8.42. The summed E-state index contributed by atoms with van der Waals surface area (Å²) >= 11 is 0. The highest BCUT2D eigenvalue weighted by Crippen LogP contribution is 2.23. The van der Waals surface area contributed by atoms with Crippen molar-refractivity contribution in [3.05, 3.63) is 47.3 Å². The molecule has 1 aliphatic heterocycles. The molecule has 1 atom stereocenters. The Hall–Kier alpha value is -1.71. The minimum atomic E-state index is -0.225. The molecule has 1 aliphatic rings. The zero-order valence-electron chi connectivity index (χ0n) is 17.9. The molecule has 1 unspecified atom stereocenters. The predicted octanol–water partition coefficient (Wildman–Crippen LogP) is 3.62. The van der Waals surface area contributed by atoms with Gasteiger partial charge >= 0.3 is 0 Å². The average Bonchev–Trinajstić information content (AvgIpc) is 3.09. The summed E-state index contributed by atoms with van der Waals surface area (Å²) in [6.07, 6.45) is 1.90. The Labute approximate surface area is 189 Å². The standard InChI is InChI=1S/C21H31FN6.HI/c1-14(2)19-26-18-10-9-17(12-28(18)27-19)25-20(23-5)24-13-21(3,4)15-7-6-8-16(22)11-15;/h6-8,11,14,17H,9-10,12-13H2,1-5H3,(H2,23,24,25);1H. The van der Waals surface area contributed by atoms with Crippen molar-refractivity contribution in [3.63, 3.8) is 0 Å². The fourth-order valence-electron chi connectivity index (χ4n) is 3.39. The van der Waals surface area contributed by atoms with E-state index in [-0.39, 0.29) is 41.3 Å². The number of benzene rings is 1. The van der Waals surface area contributed by atoms with Crippen LogP contribution in [0.15, 0.2) is 29.3 Å². The molecule has 0 radical (unpaired) electrons. The Morgan fingerprint density at radius 2 is 2.14 bits per heavy atom. The van der Waals surface area contributed by atoms with Crippen molar-refractivity contribution in [2.45, 2.75) is 64.5 Å². The van der Waals surface area contributed by atoms with E-state index in [0.717, 1.165) is 42.6 Å². The first-order valence-electron chi connectivity index (χ1n) is 9.95. The quantitative estimate of drug-likeness (QED) is 0.364. The van der Waals surface area contributed by atoms with E-state index in [1.807, 2.05) is 10.7 Å². The Morgan fingerprint density at radius 1 is 1.38 bits per heavy atom. The molecule has 0 fully saturated rings. The zero-order chi connectivity index (χ0) is 20.3. The second kappa shape index (κ2) is 9.86. The third-order valence-electron chi connectivity index (χ3n) is 5.26. The van der Waals surface area contributed by atoms with Crippen molar-refractivity contribution in [1.82, 2.24) is 25.4 Å². The molecule has 29 heavy (non-hydrogen) atoms. The van der Waals surface area contributed by atoms with Gasteiger partial charge in [0.05, 0.1) is 6.54 Å². The lowest BCUT2D eigenvalue weighted by atomic mass is 9.84. The molecule has 2 aromatic rings. The first-order valence-corrected chi connectivity index (χ1v) is 9.95. The van der Waals surface area contributed by atoms with E-state index in [9.17, 15) is 4.39 Å². The van der Waals surface area contributed by atoms with Crippen LogP contribution >= 0.6 is 24.0 Å². The lowest BCUT2D eigenvalue weighted by Gasteiger charge is -2.29. The summed E-state index contributed by atoms with van der Waals surface area (Å²) in [6.45, 7) is 9.85. The van der Waals surface area contributed by atoms with Crippen LogP contribution in [-0.2, 0) is 18.4 Å². The molecular weight excluding hydrogens is 482 g/mol. The maximum absolute atomic E-state index is 13.6. The Bertz CT molecular complexity index is 845. The number of halogens is 2. The third kappa shape index (κ3) is 5.90. The van der Waals surface area contributed by atoms with Crippen LogP contribution in [0.2, 0.25) is 0 Å². The molecule has 0 amide bonds. The Balaban J connectivity index is 0.00000300. The van der Waals surface area contributed by atoms with Gasteiger partial charge in [-0.3, -0.25) is 4.99 Å². The van der Waals surface area contributed by atoms with E-state index < -0.39 is 0 Å². The van der Waals surface area contributed by atoms with Gasteiger partial charge in [-0.05, 0) is 24.1 Å². The van der Waals surface area contributed by atoms with Gasteiger partial charge in [0, 0.05) is 37.4 Å². The lowest BCUT2D eigenvalue weighted by molar-refractivity contribution is 0.389. The van der Waals surface area contributed by atoms with Crippen molar-refractivity contribution >= 4 is 29.9 Å². The number of fused-ring (bicyclic) bond motifs is 1. The first-order chi connectivity index (χ1) is 13.3. The van der Waals surface area contributed by atoms with Crippen molar-refractivity contribution < 1.29 is 4.39 Å². The fourth-order valence-corrected chi connectivity index (χ4v) is 3.39. The molecule has 6 nitrogen and oxygen atoms in total. The molecule has 3 rings (SSSR count). The van der Waals surface area contributed by atoms with Gasteiger partial charge < -0.3 is 10.6 Å². The van der Waals surface area contributed by atoms with Gasteiger partial charge in [-0.2, -0.15) is 5.10 Å². The van der Waals surface area contributed by atoms with Crippen LogP contribution in [0.4, 0.5) is 4.39 Å². The third-order valence-corrected chi connectivity index (χ3v) is 5.26. The Kier molecular flexibility index (Phi) is 8.02. The van der Waals surface area contributed by atoms with E-state index in [4.69, 9.17) is 0 Å². The highest BCUT2D eigenvalue weighted by Gasteiger charge is 2.25. The lowest BCUT2D eigenvalue weighted by Crippen LogP contribution is -2.49. The summed E-state index contributed by atoms with van der Waals surface area (Å²) in [7, 11) is 1.77. The summed E-state index contributed by atoms with van der Waals surface area (Å²) in [5, 5.41) is 11.5. The average molecular weight is 514 g/mol. The summed E-state index contributed by atoms with van der Waals surface area (Å²) < 4.78 is 15.6. The number of aryl methyl sites for hydroxylation is 1. The number of hydrogen-bond acceptors (Lipinski definition) is 3. The van der Waals surface area contributed by atoms with Crippen molar-refractivity contribution in [2.24, 2.45) is 4.99 Å². The maximum atomic E-state index is 13.6. The van der Waals surface area contributed by atoms with Crippen LogP contribution < -0.4 is 10.6 Å². The van der Waals surface area contributed by atoms with Gasteiger partial charge in [0.1, 0.15) is 11.6 Å². The molecular formula is C21H32FIN6. The highest BCUT2D eigenvalue weighted by atomic mass is 127. The summed E-state index contributed by atoms with van der Waals surface area (Å²) in [5.74, 6) is 2.86. The van der Waals surface area contributed by atoms with Crippen LogP contribution in [0.3, 0.4) is 0 Å². The fraction of sp³-hybridized carbons (Fsp3) is 0.571. The second-order valence-corrected chi connectivity index (χ2v) is 8.42. The molecule has 160 valence electrons. The summed E-state index contributed by atoms with van der Waals surface area (Å²) in [5.41, 5.74) is 0.735. The van der Waals surface area contributed by atoms with Gasteiger partial charge in [-0.25, -0.2) is 14.1 Å². The Morgan fingerprint density at radius 3 is 2.79 bits per heavy atom. The van der Waals surface area contributed by atoms with Crippen LogP contribution in [-0.4, -0.2) is 40.4 Å². The van der Waals surface area contributed by atoms with Gasteiger partial charge in [0.25, 0.3) is 0 Å². The van der Waals surface area contributed by atoms with E-state index in [0.29, 0.717) is 12.5 Å². The van der Waals surface area contributed by atoms with E-state index in [1.54, 1.807) is 19.2 Å². The number of nitrogens with one attached hydrogen (secondary N) is 2. The number of nitrogens with zero attached hydrogens (tertiary/aromatic N) is 4. The number of guanidine groups is 1. The summed E-state index contributed by atoms with van der Waals surface area (Å²) in [6, 6.07) is 7.03. The number of hydrogen-bond donors (Lipinski definition) is 2. The molecule has 0 bridgehead atoms. The number of aliphatic imine (C=N–C) groups is 1. The monoisotopic (exact) mass is 514 g/mol. The zero-order valence-corrected chi connectivity index (χ0v) is 20.2. The van der Waals surface area contributed by atoms with E-state index >= 15 is 0 Å². The van der Waals surface area contributed by atoms with Gasteiger partial charge in [0.15, 0.2) is 11.8 Å². The molecule has 2 N–H and O–H groups in total. The number of aromatic nitrogens is 3. The molecule has 1 aromatic carbocycles. The smallest absolute Gasteiger partial charge is 0.191 e. The van der Waals surface area contributed by atoms with E-state index in [2.05, 4.69) is 53.4 Å². The maximum Gasteiger partial charge on any atom is 0.191 e. The van der Waals surface area contributed by atoms with Crippen LogP contribution in [0.1, 0.15) is 57.2 Å². The number of rotatable bonds is 5. The van der Waals surface area contributed by atoms with Crippen LogP contribution in [0, 0.1) is 5.82 Å². The van der Waals surface area contributed by atoms with Gasteiger partial charge in [-0.15, -0.1) is 24.0 Å². The first kappa shape index (κ1) is 23.6. The van der Waals surface area contributed by atoms with Crippen molar-refractivity contribution in [1.29, 1.82) is 0 Å². The molecule has 2 heterocycles. The van der Waals surface area contributed by atoms with Crippen LogP contribution in [0.5, 0.6) is 0 Å².